The second kappa shape index (κ2) is 2.03. The fourth-order valence-corrected chi connectivity index (χ4v) is 1.26. The zero-order valence-corrected chi connectivity index (χ0v) is 6.51. The van der Waals surface area contributed by atoms with Gasteiger partial charge < -0.3 is 0 Å². The Bertz CT molecular complexity index is 383. The van der Waals surface area contributed by atoms with Gasteiger partial charge in [0.15, 0.2) is 5.82 Å². The van der Waals surface area contributed by atoms with Gasteiger partial charge in [0, 0.05) is 18.3 Å². The highest BCUT2D eigenvalue weighted by Gasteiger charge is 2.27. The topological polar surface area (TPSA) is 43.1 Å². The minimum absolute atomic E-state index is 0.603. The van der Waals surface area contributed by atoms with E-state index in [2.05, 4.69) is 15.1 Å². The van der Waals surface area contributed by atoms with E-state index in [1.165, 1.54) is 12.8 Å². The van der Waals surface area contributed by atoms with Gasteiger partial charge in [-0.25, -0.2) is 9.50 Å². The second-order valence-electron chi connectivity index (χ2n) is 3.11. The maximum Gasteiger partial charge on any atom is 0.252 e. The molecule has 60 valence electrons. The first-order valence-electron chi connectivity index (χ1n) is 4.11. The van der Waals surface area contributed by atoms with E-state index in [1.54, 1.807) is 10.7 Å². The molecular formula is C8H8N4. The van der Waals surface area contributed by atoms with Crippen molar-refractivity contribution in [2.75, 3.05) is 0 Å². The van der Waals surface area contributed by atoms with E-state index >= 15 is 0 Å². The van der Waals surface area contributed by atoms with Crippen molar-refractivity contribution < 1.29 is 0 Å². The minimum atomic E-state index is 0.603. The lowest BCUT2D eigenvalue weighted by Crippen LogP contribution is -1.87. The van der Waals surface area contributed by atoms with Crippen LogP contribution >= 0.6 is 0 Å². The molecule has 0 saturated heterocycles. The Morgan fingerprint density at radius 3 is 3.08 bits per heavy atom. The molecule has 0 N–H and O–H groups in total. The lowest BCUT2D eigenvalue weighted by molar-refractivity contribution is 0.872. The van der Waals surface area contributed by atoms with Crippen molar-refractivity contribution in [2.24, 2.45) is 0 Å². The first-order chi connectivity index (χ1) is 5.93. The van der Waals surface area contributed by atoms with Gasteiger partial charge in [0.1, 0.15) is 0 Å². The number of rotatable bonds is 1. The first kappa shape index (κ1) is 6.11. The van der Waals surface area contributed by atoms with Crippen LogP contribution in [-0.2, 0) is 0 Å². The van der Waals surface area contributed by atoms with Crippen molar-refractivity contribution in [1.82, 2.24) is 19.6 Å². The summed E-state index contributed by atoms with van der Waals surface area (Å²) in [6.07, 6.45) is 6.08. The van der Waals surface area contributed by atoms with Crippen LogP contribution in [0.15, 0.2) is 18.5 Å². The molecule has 0 bridgehead atoms. The molecule has 1 saturated carbocycles. The normalized spacial score (nSPS) is 17.0. The third-order valence-corrected chi connectivity index (χ3v) is 2.08. The van der Waals surface area contributed by atoms with E-state index in [9.17, 15) is 0 Å². The summed E-state index contributed by atoms with van der Waals surface area (Å²) in [6.45, 7) is 0. The van der Waals surface area contributed by atoms with Crippen LogP contribution < -0.4 is 0 Å². The summed E-state index contributed by atoms with van der Waals surface area (Å²) in [5, 5.41) is 4.32. The molecule has 3 rings (SSSR count). The molecule has 0 amide bonds. The highest BCUT2D eigenvalue weighted by molar-refractivity contribution is 5.26. The van der Waals surface area contributed by atoms with Crippen LogP contribution in [0.3, 0.4) is 0 Å². The summed E-state index contributed by atoms with van der Waals surface area (Å²) < 4.78 is 1.73. The molecule has 0 atom stereocenters. The van der Waals surface area contributed by atoms with Crippen LogP contribution in [0.4, 0.5) is 0 Å². The van der Waals surface area contributed by atoms with Crippen molar-refractivity contribution in [1.29, 1.82) is 0 Å². The molecule has 4 nitrogen and oxygen atoms in total. The quantitative estimate of drug-likeness (QED) is 0.625. The molecular weight excluding hydrogens is 152 g/mol. The Kier molecular flexibility index (Phi) is 1.03. The van der Waals surface area contributed by atoms with Crippen molar-refractivity contribution >= 4 is 5.78 Å². The third-order valence-electron chi connectivity index (χ3n) is 2.08. The lowest BCUT2D eigenvalue weighted by Gasteiger charge is -1.84. The van der Waals surface area contributed by atoms with Crippen LogP contribution in [0.1, 0.15) is 24.6 Å². The maximum absolute atomic E-state index is 4.32. The fraction of sp³-hybridized carbons (Fsp3) is 0.375. The van der Waals surface area contributed by atoms with Crippen molar-refractivity contribution in [3.8, 4) is 0 Å². The van der Waals surface area contributed by atoms with Crippen LogP contribution in [-0.4, -0.2) is 19.6 Å². The van der Waals surface area contributed by atoms with Crippen molar-refractivity contribution in [3.05, 3.63) is 24.3 Å². The molecule has 2 aromatic heterocycles. The van der Waals surface area contributed by atoms with E-state index in [-0.39, 0.29) is 0 Å². The van der Waals surface area contributed by atoms with Gasteiger partial charge >= 0.3 is 0 Å². The largest absolute Gasteiger partial charge is 0.252 e. The Morgan fingerprint density at radius 2 is 2.33 bits per heavy atom. The summed E-state index contributed by atoms with van der Waals surface area (Å²) in [5.41, 5.74) is 0. The Hall–Kier alpha value is -1.45. The predicted molar refractivity (Wildman–Crippen MR) is 42.8 cm³/mol. The highest BCUT2D eigenvalue weighted by Crippen LogP contribution is 2.37. The molecule has 2 heterocycles. The molecule has 12 heavy (non-hydrogen) atoms. The molecule has 0 radical (unpaired) electrons. The zero-order valence-electron chi connectivity index (χ0n) is 6.51. The number of nitrogens with zero attached hydrogens (tertiary/aromatic N) is 4. The van der Waals surface area contributed by atoms with Gasteiger partial charge in [0.05, 0.1) is 0 Å². The number of hydrogen-bond donors (Lipinski definition) is 0. The number of aromatic nitrogens is 4. The predicted octanol–water partition coefficient (Wildman–Crippen LogP) is 1.00. The van der Waals surface area contributed by atoms with Gasteiger partial charge in [-0.1, -0.05) is 0 Å². The van der Waals surface area contributed by atoms with Crippen molar-refractivity contribution in [2.45, 2.75) is 18.8 Å². The molecule has 0 unspecified atom stereocenters. The van der Waals surface area contributed by atoms with Gasteiger partial charge in [-0.15, -0.1) is 5.10 Å². The van der Waals surface area contributed by atoms with E-state index in [0.29, 0.717) is 11.7 Å². The summed E-state index contributed by atoms with van der Waals surface area (Å²) >= 11 is 0. The minimum Gasteiger partial charge on any atom is -0.220 e. The van der Waals surface area contributed by atoms with Gasteiger partial charge in [0.2, 0.25) is 0 Å². The maximum atomic E-state index is 4.32. The summed E-state index contributed by atoms with van der Waals surface area (Å²) in [5.74, 6) is 2.26. The van der Waals surface area contributed by atoms with Crippen LogP contribution in [0, 0.1) is 0 Å². The Labute approximate surface area is 69.3 Å². The van der Waals surface area contributed by atoms with E-state index in [0.717, 1.165) is 5.82 Å². The molecule has 0 aliphatic heterocycles. The lowest BCUT2D eigenvalue weighted by atomic mass is 10.4. The van der Waals surface area contributed by atoms with Gasteiger partial charge in [-0.3, -0.25) is 0 Å². The van der Waals surface area contributed by atoms with Gasteiger partial charge in [-0.05, 0) is 18.9 Å². The van der Waals surface area contributed by atoms with E-state index in [4.69, 9.17) is 0 Å². The number of fused-ring (bicyclic) bond motifs is 1. The fourth-order valence-electron chi connectivity index (χ4n) is 1.26. The zero-order chi connectivity index (χ0) is 7.97. The molecule has 0 spiro atoms. The molecule has 2 aromatic rings. The smallest absolute Gasteiger partial charge is 0.220 e. The van der Waals surface area contributed by atoms with Crippen LogP contribution in [0.2, 0.25) is 0 Å². The molecule has 0 aromatic carbocycles. The SMILES string of the molecule is c1cnc2nc(C3CC3)nn2c1. The van der Waals surface area contributed by atoms with Gasteiger partial charge in [0.25, 0.3) is 5.78 Å². The van der Waals surface area contributed by atoms with Crippen molar-refractivity contribution in [3.63, 3.8) is 0 Å². The molecule has 1 fully saturated rings. The first-order valence-corrected chi connectivity index (χ1v) is 4.11. The van der Waals surface area contributed by atoms with E-state index in [1.807, 2.05) is 12.3 Å². The third kappa shape index (κ3) is 0.809. The summed E-state index contributed by atoms with van der Waals surface area (Å²) in [4.78, 5) is 8.42. The van der Waals surface area contributed by atoms with Gasteiger partial charge in [-0.2, -0.15) is 4.98 Å². The van der Waals surface area contributed by atoms with Crippen LogP contribution in [0.5, 0.6) is 0 Å². The Balaban J connectivity index is 2.23. The second-order valence-corrected chi connectivity index (χ2v) is 3.11. The van der Waals surface area contributed by atoms with Crippen LogP contribution in [0.25, 0.3) is 5.78 Å². The summed E-state index contributed by atoms with van der Waals surface area (Å²) in [7, 11) is 0. The average Bonchev–Trinajstić information content (AvgIpc) is 2.85. The monoisotopic (exact) mass is 160 g/mol. The standard InChI is InChI=1S/C8H8N4/c1-4-9-8-10-7(6-2-3-6)11-12(8)5-1/h1,4-6H,2-3H2. The average molecular weight is 160 g/mol. The molecule has 1 aliphatic rings. The molecule has 1 aliphatic carbocycles. The number of hydrogen-bond acceptors (Lipinski definition) is 3. The molecule has 4 heteroatoms. The highest BCUT2D eigenvalue weighted by atomic mass is 15.3. The Morgan fingerprint density at radius 1 is 1.42 bits per heavy atom. The summed E-state index contributed by atoms with van der Waals surface area (Å²) in [6, 6.07) is 1.86. The van der Waals surface area contributed by atoms with E-state index < -0.39 is 0 Å².